The average molecular weight is 131 g/mol. The summed E-state index contributed by atoms with van der Waals surface area (Å²) in [6, 6.07) is 0. The minimum absolute atomic E-state index is 1.06. The lowest BCUT2D eigenvalue weighted by Gasteiger charge is -2.10. The Morgan fingerprint density at radius 3 is 3.10 bits per heavy atom. The maximum absolute atomic E-state index is 2.16. The molecule has 0 bridgehead atoms. The monoisotopic (exact) mass is 131 g/mol. The van der Waals surface area contributed by atoms with Gasteiger partial charge in [-0.05, 0) is 12.2 Å². The van der Waals surface area contributed by atoms with Crippen molar-refractivity contribution in [2.45, 2.75) is 6.42 Å². The van der Waals surface area contributed by atoms with Gasteiger partial charge in [0.1, 0.15) is 0 Å². The van der Waals surface area contributed by atoms with E-state index in [0.29, 0.717) is 0 Å². The van der Waals surface area contributed by atoms with Crippen molar-refractivity contribution < 1.29 is 0 Å². The standard InChI is InChI=1S/C9H9N/c1-2-5-9-6-4-8-10(9)7-3-1/h1-5,7-8H,6H2. The SMILES string of the molecule is C1=CC=C2CC=CN2C=C1. The van der Waals surface area contributed by atoms with E-state index in [9.17, 15) is 0 Å². The molecule has 2 aliphatic heterocycles. The molecule has 0 saturated carbocycles. The number of nitrogens with zero attached hydrogens (tertiary/aromatic N) is 1. The Hall–Kier alpha value is -1.24. The Morgan fingerprint density at radius 2 is 2.10 bits per heavy atom. The van der Waals surface area contributed by atoms with Crippen LogP contribution in [0.25, 0.3) is 0 Å². The van der Waals surface area contributed by atoms with Crippen LogP contribution in [-0.4, -0.2) is 4.90 Å². The van der Waals surface area contributed by atoms with E-state index in [0.717, 1.165) is 6.42 Å². The van der Waals surface area contributed by atoms with E-state index >= 15 is 0 Å². The predicted octanol–water partition coefficient (Wildman–Crippen LogP) is 2.17. The summed E-state index contributed by atoms with van der Waals surface area (Å²) in [6.07, 6.45) is 15.7. The highest BCUT2D eigenvalue weighted by Gasteiger charge is 2.07. The van der Waals surface area contributed by atoms with E-state index in [-0.39, 0.29) is 0 Å². The molecule has 2 heterocycles. The van der Waals surface area contributed by atoms with Crippen LogP contribution in [0.4, 0.5) is 0 Å². The van der Waals surface area contributed by atoms with Gasteiger partial charge in [0.15, 0.2) is 0 Å². The predicted molar refractivity (Wildman–Crippen MR) is 42.0 cm³/mol. The number of rotatable bonds is 0. The molecule has 0 atom stereocenters. The second kappa shape index (κ2) is 2.18. The molecule has 1 heteroatoms. The lowest BCUT2D eigenvalue weighted by Crippen LogP contribution is -2.01. The summed E-state index contributed by atoms with van der Waals surface area (Å²) >= 11 is 0. The zero-order chi connectivity index (χ0) is 6.81. The fourth-order valence-corrected chi connectivity index (χ4v) is 1.16. The summed E-state index contributed by atoms with van der Waals surface area (Å²) in [6.45, 7) is 0. The van der Waals surface area contributed by atoms with Gasteiger partial charge in [0.2, 0.25) is 0 Å². The molecular formula is C9H9N. The molecule has 0 aliphatic carbocycles. The molecule has 0 amide bonds. The summed E-state index contributed by atoms with van der Waals surface area (Å²) in [4.78, 5) is 2.14. The number of hydrogen-bond acceptors (Lipinski definition) is 1. The Morgan fingerprint density at radius 1 is 1.10 bits per heavy atom. The van der Waals surface area contributed by atoms with Crippen molar-refractivity contribution in [3.8, 4) is 0 Å². The van der Waals surface area contributed by atoms with Crippen LogP contribution in [0, 0.1) is 0 Å². The number of allylic oxidation sites excluding steroid dienone is 5. The summed E-state index contributed by atoms with van der Waals surface area (Å²) in [5.74, 6) is 0. The lowest BCUT2D eigenvalue weighted by molar-refractivity contribution is 0.648. The summed E-state index contributed by atoms with van der Waals surface area (Å²) in [5, 5.41) is 0. The van der Waals surface area contributed by atoms with E-state index < -0.39 is 0 Å². The van der Waals surface area contributed by atoms with E-state index in [1.807, 2.05) is 12.2 Å². The molecule has 2 aliphatic rings. The van der Waals surface area contributed by atoms with Crippen molar-refractivity contribution >= 4 is 0 Å². The van der Waals surface area contributed by atoms with Gasteiger partial charge in [-0.25, -0.2) is 0 Å². The van der Waals surface area contributed by atoms with E-state index in [2.05, 4.69) is 35.5 Å². The zero-order valence-electron chi connectivity index (χ0n) is 5.70. The van der Waals surface area contributed by atoms with E-state index in [4.69, 9.17) is 0 Å². The maximum Gasteiger partial charge on any atom is 0.0258 e. The first-order chi connectivity index (χ1) is 4.97. The number of fused-ring (bicyclic) bond motifs is 1. The first-order valence-corrected chi connectivity index (χ1v) is 3.46. The van der Waals surface area contributed by atoms with Crippen molar-refractivity contribution in [2.24, 2.45) is 0 Å². The Kier molecular flexibility index (Phi) is 1.21. The number of hydrogen-bond donors (Lipinski definition) is 0. The lowest BCUT2D eigenvalue weighted by atomic mass is 10.3. The van der Waals surface area contributed by atoms with Gasteiger partial charge in [0, 0.05) is 24.5 Å². The highest BCUT2D eigenvalue weighted by atomic mass is 15.1. The molecular weight excluding hydrogens is 122 g/mol. The van der Waals surface area contributed by atoms with Crippen LogP contribution in [0.3, 0.4) is 0 Å². The molecule has 1 nitrogen and oxygen atoms in total. The van der Waals surface area contributed by atoms with Crippen molar-refractivity contribution in [1.82, 2.24) is 4.90 Å². The molecule has 0 fully saturated rings. The van der Waals surface area contributed by atoms with Crippen molar-refractivity contribution in [3.05, 3.63) is 48.5 Å². The van der Waals surface area contributed by atoms with Gasteiger partial charge < -0.3 is 4.90 Å². The molecule has 0 radical (unpaired) electrons. The van der Waals surface area contributed by atoms with Crippen molar-refractivity contribution in [1.29, 1.82) is 0 Å². The zero-order valence-corrected chi connectivity index (χ0v) is 5.70. The van der Waals surface area contributed by atoms with Crippen LogP contribution in [-0.2, 0) is 0 Å². The van der Waals surface area contributed by atoms with Crippen LogP contribution in [0.2, 0.25) is 0 Å². The molecule has 0 aromatic rings. The van der Waals surface area contributed by atoms with Crippen molar-refractivity contribution in [2.75, 3.05) is 0 Å². The molecule has 0 aromatic carbocycles. The third kappa shape index (κ3) is 0.798. The largest absolute Gasteiger partial charge is 0.328 e. The minimum Gasteiger partial charge on any atom is -0.328 e. The van der Waals surface area contributed by atoms with Crippen LogP contribution in [0.5, 0.6) is 0 Å². The van der Waals surface area contributed by atoms with Crippen LogP contribution < -0.4 is 0 Å². The summed E-state index contributed by atoms with van der Waals surface area (Å²) in [5.41, 5.74) is 1.35. The van der Waals surface area contributed by atoms with Gasteiger partial charge in [-0.2, -0.15) is 0 Å². The quantitative estimate of drug-likeness (QED) is 0.487. The molecule has 0 unspecified atom stereocenters. The van der Waals surface area contributed by atoms with E-state index in [1.165, 1.54) is 5.70 Å². The summed E-state index contributed by atoms with van der Waals surface area (Å²) in [7, 11) is 0. The smallest absolute Gasteiger partial charge is 0.0258 e. The second-order valence-electron chi connectivity index (χ2n) is 2.38. The van der Waals surface area contributed by atoms with Gasteiger partial charge >= 0.3 is 0 Å². The second-order valence-corrected chi connectivity index (χ2v) is 2.38. The topological polar surface area (TPSA) is 3.24 Å². The molecule has 0 saturated heterocycles. The minimum atomic E-state index is 1.06. The molecule has 2 rings (SSSR count). The molecule has 10 heavy (non-hydrogen) atoms. The Labute approximate surface area is 60.6 Å². The van der Waals surface area contributed by atoms with Gasteiger partial charge in [0.05, 0.1) is 0 Å². The molecule has 50 valence electrons. The fraction of sp³-hybridized carbons (Fsp3) is 0.111. The van der Waals surface area contributed by atoms with Crippen LogP contribution in [0.15, 0.2) is 48.5 Å². The molecule has 0 spiro atoms. The normalized spacial score (nSPS) is 20.8. The molecule has 0 aromatic heterocycles. The van der Waals surface area contributed by atoms with Crippen LogP contribution >= 0.6 is 0 Å². The maximum atomic E-state index is 2.16. The third-order valence-electron chi connectivity index (χ3n) is 1.68. The Balaban J connectivity index is 2.35. The first kappa shape index (κ1) is 5.54. The van der Waals surface area contributed by atoms with Crippen molar-refractivity contribution in [3.63, 3.8) is 0 Å². The fourth-order valence-electron chi connectivity index (χ4n) is 1.16. The average Bonchev–Trinajstić information content (AvgIpc) is 2.28. The highest BCUT2D eigenvalue weighted by molar-refractivity contribution is 5.28. The van der Waals surface area contributed by atoms with E-state index in [1.54, 1.807) is 0 Å². The van der Waals surface area contributed by atoms with Crippen LogP contribution in [0.1, 0.15) is 6.42 Å². The Bertz CT molecular complexity index is 243. The van der Waals surface area contributed by atoms with Gasteiger partial charge in [-0.15, -0.1) is 0 Å². The summed E-state index contributed by atoms with van der Waals surface area (Å²) < 4.78 is 0. The third-order valence-corrected chi connectivity index (χ3v) is 1.68. The molecule has 0 N–H and O–H groups in total. The highest BCUT2D eigenvalue weighted by Crippen LogP contribution is 2.19. The van der Waals surface area contributed by atoms with Gasteiger partial charge in [-0.1, -0.05) is 18.2 Å². The van der Waals surface area contributed by atoms with Gasteiger partial charge in [0.25, 0.3) is 0 Å². The van der Waals surface area contributed by atoms with Gasteiger partial charge in [-0.3, -0.25) is 0 Å². The first-order valence-electron chi connectivity index (χ1n) is 3.46.